The first kappa shape index (κ1) is 26.5. The van der Waals surface area contributed by atoms with Crippen LogP contribution in [0.5, 0.6) is 0 Å². The lowest BCUT2D eigenvalue weighted by Crippen LogP contribution is -2.32. The Bertz CT molecular complexity index is 302. The van der Waals surface area contributed by atoms with Gasteiger partial charge in [0.25, 0.3) is 0 Å². The van der Waals surface area contributed by atoms with Crippen molar-refractivity contribution in [1.29, 1.82) is 0 Å². The highest BCUT2D eigenvalue weighted by atomic mass is 32.2. The van der Waals surface area contributed by atoms with Crippen molar-refractivity contribution in [1.82, 2.24) is 0 Å². The van der Waals surface area contributed by atoms with Crippen LogP contribution in [0.25, 0.3) is 0 Å². The molecule has 0 radical (unpaired) electrons. The maximum atomic E-state index is 9.94. The predicted molar refractivity (Wildman–Crippen MR) is 110 cm³/mol. The summed E-state index contributed by atoms with van der Waals surface area (Å²) in [5, 5.41) is 19.9. The number of thioether (sulfide) groups is 2. The van der Waals surface area contributed by atoms with E-state index in [2.05, 4.69) is 20.8 Å². The molecule has 0 saturated heterocycles. The molecule has 0 fully saturated rings. The maximum Gasteiger partial charge on any atom is 0.0897 e. The summed E-state index contributed by atoms with van der Waals surface area (Å²) in [5.74, 6) is 1.86. The fourth-order valence-electron chi connectivity index (χ4n) is 1.68. The van der Waals surface area contributed by atoms with E-state index < -0.39 is 12.2 Å². The van der Waals surface area contributed by atoms with Crippen LogP contribution in [0.3, 0.4) is 0 Å². The van der Waals surface area contributed by atoms with E-state index in [9.17, 15) is 10.2 Å². The summed E-state index contributed by atoms with van der Waals surface area (Å²) in [7, 11) is 0. The largest absolute Gasteiger partial charge is 0.390 e. The second kappa shape index (κ2) is 17.6. The Morgan fingerprint density at radius 2 is 1.19 bits per heavy atom. The molecule has 0 aromatic rings. The van der Waals surface area contributed by atoms with Gasteiger partial charge in [0.05, 0.1) is 58.5 Å². The Labute approximate surface area is 167 Å². The zero-order chi connectivity index (χ0) is 19.7. The van der Waals surface area contributed by atoms with Crippen molar-refractivity contribution in [3.63, 3.8) is 0 Å². The Kier molecular flexibility index (Phi) is 17.9. The molecule has 0 spiro atoms. The molecule has 2 atom stereocenters. The molecule has 0 aliphatic carbocycles. The van der Waals surface area contributed by atoms with E-state index >= 15 is 0 Å². The molecule has 26 heavy (non-hydrogen) atoms. The highest BCUT2D eigenvalue weighted by molar-refractivity contribution is 8.00. The lowest BCUT2D eigenvalue weighted by Gasteiger charge is -2.22. The minimum Gasteiger partial charge on any atom is -0.390 e. The molecular weight excluding hydrogens is 376 g/mol. The topological polar surface area (TPSA) is 77.4 Å². The lowest BCUT2D eigenvalue weighted by molar-refractivity contribution is 0.00118. The van der Waals surface area contributed by atoms with Crippen LogP contribution in [-0.2, 0) is 18.9 Å². The normalized spacial score (nSPS) is 14.5. The molecule has 0 amide bonds. The fraction of sp³-hybridized carbons (Fsp3) is 1.00. The number of aliphatic hydroxyl groups excluding tert-OH is 2. The van der Waals surface area contributed by atoms with Gasteiger partial charge in [-0.15, -0.1) is 0 Å². The summed E-state index contributed by atoms with van der Waals surface area (Å²) < 4.78 is 21.5. The summed E-state index contributed by atoms with van der Waals surface area (Å²) in [5.41, 5.74) is 0. The summed E-state index contributed by atoms with van der Waals surface area (Å²) in [6.07, 6.45) is -1.38. The van der Waals surface area contributed by atoms with Crippen molar-refractivity contribution < 1.29 is 29.2 Å². The molecule has 0 aliphatic rings. The second-order valence-electron chi connectivity index (χ2n) is 6.67. The van der Waals surface area contributed by atoms with Gasteiger partial charge in [-0.25, -0.2) is 0 Å². The molecule has 6 nitrogen and oxygen atoms in total. The van der Waals surface area contributed by atoms with Gasteiger partial charge in [0, 0.05) is 28.6 Å². The molecule has 0 heterocycles. The molecule has 158 valence electrons. The third-order valence-electron chi connectivity index (χ3n) is 3.11. The quantitative estimate of drug-likeness (QED) is 0.330. The van der Waals surface area contributed by atoms with Gasteiger partial charge in [-0.1, -0.05) is 20.8 Å². The summed E-state index contributed by atoms with van der Waals surface area (Å²) in [6, 6.07) is 0. The highest BCUT2D eigenvalue weighted by Crippen LogP contribution is 2.24. The third-order valence-corrected chi connectivity index (χ3v) is 5.52. The minimum absolute atomic E-state index is 0.0966. The van der Waals surface area contributed by atoms with Gasteiger partial charge in [-0.2, -0.15) is 23.5 Å². The van der Waals surface area contributed by atoms with Crippen LogP contribution < -0.4 is 0 Å². The number of rotatable bonds is 18. The van der Waals surface area contributed by atoms with Crippen LogP contribution in [0.1, 0.15) is 27.7 Å². The van der Waals surface area contributed by atoms with E-state index in [4.69, 9.17) is 18.9 Å². The first-order chi connectivity index (χ1) is 12.4. The average molecular weight is 415 g/mol. The van der Waals surface area contributed by atoms with Gasteiger partial charge in [0.1, 0.15) is 0 Å². The van der Waals surface area contributed by atoms with E-state index in [0.29, 0.717) is 64.4 Å². The number of hydrogen-bond acceptors (Lipinski definition) is 8. The van der Waals surface area contributed by atoms with Crippen molar-refractivity contribution in [3.05, 3.63) is 0 Å². The lowest BCUT2D eigenvalue weighted by atomic mass is 10.2. The first-order valence-corrected chi connectivity index (χ1v) is 11.4. The smallest absolute Gasteiger partial charge is 0.0897 e. The summed E-state index contributed by atoms with van der Waals surface area (Å²) in [4.78, 5) is 0. The van der Waals surface area contributed by atoms with E-state index in [0.717, 1.165) is 5.75 Å². The Morgan fingerprint density at radius 3 is 1.69 bits per heavy atom. The van der Waals surface area contributed by atoms with Gasteiger partial charge >= 0.3 is 0 Å². The zero-order valence-electron chi connectivity index (χ0n) is 16.8. The molecule has 0 rings (SSSR count). The van der Waals surface area contributed by atoms with Crippen LogP contribution in [-0.4, -0.2) is 97.3 Å². The molecule has 2 N–H and O–H groups in total. The average Bonchev–Trinajstić information content (AvgIpc) is 2.59. The SMILES string of the molecule is CCOCCOCCOCCOCCSCC(O)C(O)CSC(C)(C)C. The van der Waals surface area contributed by atoms with Crippen LogP contribution in [0.15, 0.2) is 0 Å². The van der Waals surface area contributed by atoms with E-state index in [1.165, 1.54) is 0 Å². The Hall–Kier alpha value is 0.460. The molecule has 0 saturated carbocycles. The molecule has 0 aromatic heterocycles. The van der Waals surface area contributed by atoms with E-state index in [1.807, 2.05) is 6.92 Å². The Morgan fingerprint density at radius 1 is 0.731 bits per heavy atom. The molecule has 0 bridgehead atoms. The predicted octanol–water partition coefficient (Wildman–Crippen LogP) is 2.06. The van der Waals surface area contributed by atoms with Crippen molar-refractivity contribution in [3.8, 4) is 0 Å². The number of ether oxygens (including phenoxy) is 4. The Balaban J connectivity index is 3.30. The van der Waals surface area contributed by atoms with Gasteiger partial charge < -0.3 is 29.2 Å². The van der Waals surface area contributed by atoms with Gasteiger partial charge in [-0.3, -0.25) is 0 Å². The third kappa shape index (κ3) is 19.2. The van der Waals surface area contributed by atoms with Gasteiger partial charge in [-0.05, 0) is 6.92 Å². The first-order valence-electron chi connectivity index (χ1n) is 9.25. The van der Waals surface area contributed by atoms with Crippen LogP contribution >= 0.6 is 23.5 Å². The second-order valence-corrected chi connectivity index (χ2v) is 9.66. The minimum atomic E-state index is -0.694. The maximum absolute atomic E-state index is 9.94. The molecule has 2 unspecified atom stereocenters. The van der Waals surface area contributed by atoms with Crippen molar-refractivity contribution in [2.24, 2.45) is 0 Å². The summed E-state index contributed by atoms with van der Waals surface area (Å²) in [6.45, 7) is 13.0. The van der Waals surface area contributed by atoms with Crippen LogP contribution in [0, 0.1) is 0 Å². The molecule has 0 aromatic carbocycles. The standard InChI is InChI=1S/C18H38O6S2/c1-5-21-6-7-22-8-9-23-10-11-24-12-13-25-14-16(19)17(20)15-26-18(2,3)4/h16-17,19-20H,5-15H2,1-4H3. The number of hydrogen-bond donors (Lipinski definition) is 2. The van der Waals surface area contributed by atoms with Crippen molar-refractivity contribution >= 4 is 23.5 Å². The molecule has 8 heteroatoms. The van der Waals surface area contributed by atoms with Crippen LogP contribution in [0.4, 0.5) is 0 Å². The van der Waals surface area contributed by atoms with E-state index in [1.54, 1.807) is 23.5 Å². The highest BCUT2D eigenvalue weighted by Gasteiger charge is 2.19. The van der Waals surface area contributed by atoms with Gasteiger partial charge in [0.15, 0.2) is 0 Å². The molecular formula is C18H38O6S2. The van der Waals surface area contributed by atoms with Crippen molar-refractivity contribution in [2.75, 3.05) is 70.1 Å². The summed E-state index contributed by atoms with van der Waals surface area (Å²) >= 11 is 3.25. The van der Waals surface area contributed by atoms with Gasteiger partial charge in [0.2, 0.25) is 0 Å². The zero-order valence-corrected chi connectivity index (χ0v) is 18.4. The van der Waals surface area contributed by atoms with Crippen LogP contribution in [0.2, 0.25) is 0 Å². The number of aliphatic hydroxyl groups is 2. The van der Waals surface area contributed by atoms with E-state index in [-0.39, 0.29) is 4.75 Å². The molecule has 0 aliphatic heterocycles. The fourth-order valence-corrected chi connectivity index (χ4v) is 3.44. The van der Waals surface area contributed by atoms with Crippen molar-refractivity contribution in [2.45, 2.75) is 44.6 Å². The monoisotopic (exact) mass is 414 g/mol.